The van der Waals surface area contributed by atoms with Crippen LogP contribution in [0, 0.1) is 11.8 Å². The van der Waals surface area contributed by atoms with Gasteiger partial charge in [-0.05, 0) is 23.4 Å². The highest BCUT2D eigenvalue weighted by Crippen LogP contribution is 2.06. The zero-order valence-electron chi connectivity index (χ0n) is 8.30. The van der Waals surface area contributed by atoms with E-state index in [4.69, 9.17) is 11.6 Å². The van der Waals surface area contributed by atoms with E-state index in [9.17, 15) is 4.79 Å². The summed E-state index contributed by atoms with van der Waals surface area (Å²) in [6, 6.07) is 0. The fourth-order valence-electron chi connectivity index (χ4n) is 1.10. The van der Waals surface area contributed by atoms with Gasteiger partial charge in [0.05, 0.1) is 0 Å². The molecule has 0 fully saturated rings. The average molecular weight is 192 g/mol. The van der Waals surface area contributed by atoms with Crippen molar-refractivity contribution in [1.82, 2.24) is 4.90 Å². The summed E-state index contributed by atoms with van der Waals surface area (Å²) in [4.78, 5) is 12.6. The van der Waals surface area contributed by atoms with Gasteiger partial charge in [0.15, 0.2) is 0 Å². The smallest absolute Gasteiger partial charge is 0.316 e. The Morgan fingerprint density at radius 1 is 1.17 bits per heavy atom. The predicted molar refractivity (Wildman–Crippen MR) is 52.5 cm³/mol. The van der Waals surface area contributed by atoms with Gasteiger partial charge in [-0.1, -0.05) is 27.7 Å². The summed E-state index contributed by atoms with van der Waals surface area (Å²) in [5.74, 6) is 0.956. The van der Waals surface area contributed by atoms with E-state index in [1.165, 1.54) is 0 Å². The molecular weight excluding hydrogens is 174 g/mol. The number of carbonyl (C=O) groups excluding carboxylic acids is 1. The van der Waals surface area contributed by atoms with Crippen molar-refractivity contribution in [2.75, 3.05) is 13.1 Å². The van der Waals surface area contributed by atoms with E-state index >= 15 is 0 Å². The second-order valence-corrected chi connectivity index (χ2v) is 4.27. The van der Waals surface area contributed by atoms with Gasteiger partial charge in [0.1, 0.15) is 0 Å². The summed E-state index contributed by atoms with van der Waals surface area (Å²) in [7, 11) is 0. The lowest BCUT2D eigenvalue weighted by atomic mass is 10.1. The van der Waals surface area contributed by atoms with E-state index in [0.717, 1.165) is 13.1 Å². The van der Waals surface area contributed by atoms with E-state index < -0.39 is 0 Å². The first-order valence-electron chi connectivity index (χ1n) is 4.38. The maximum absolute atomic E-state index is 10.9. The molecule has 2 nitrogen and oxygen atoms in total. The van der Waals surface area contributed by atoms with Crippen molar-refractivity contribution in [1.29, 1.82) is 0 Å². The number of hydrogen-bond acceptors (Lipinski definition) is 1. The molecule has 12 heavy (non-hydrogen) atoms. The van der Waals surface area contributed by atoms with Gasteiger partial charge in [0.25, 0.3) is 0 Å². The highest BCUT2D eigenvalue weighted by molar-refractivity contribution is 6.62. The third kappa shape index (κ3) is 5.42. The van der Waals surface area contributed by atoms with Crippen LogP contribution in [0.2, 0.25) is 0 Å². The topological polar surface area (TPSA) is 20.3 Å². The van der Waals surface area contributed by atoms with Crippen molar-refractivity contribution in [3.05, 3.63) is 0 Å². The molecule has 3 heteroatoms. The maximum Gasteiger partial charge on any atom is 0.316 e. The zero-order valence-corrected chi connectivity index (χ0v) is 9.06. The van der Waals surface area contributed by atoms with Crippen molar-refractivity contribution in [2.24, 2.45) is 11.8 Å². The molecule has 1 amide bonds. The summed E-state index contributed by atoms with van der Waals surface area (Å²) in [6.45, 7) is 9.81. The van der Waals surface area contributed by atoms with Gasteiger partial charge in [-0.25, -0.2) is 0 Å². The number of halogens is 1. The van der Waals surface area contributed by atoms with Gasteiger partial charge >= 0.3 is 5.37 Å². The minimum Gasteiger partial charge on any atom is -0.329 e. The van der Waals surface area contributed by atoms with Crippen LogP contribution in [0.5, 0.6) is 0 Å². The summed E-state index contributed by atoms with van der Waals surface area (Å²) in [5, 5.41) is -0.336. The lowest BCUT2D eigenvalue weighted by Crippen LogP contribution is -2.33. The quantitative estimate of drug-likeness (QED) is 0.494. The summed E-state index contributed by atoms with van der Waals surface area (Å²) in [6.07, 6.45) is 0. The molecule has 0 rings (SSSR count). The maximum atomic E-state index is 10.9. The Balaban J connectivity index is 3.96. The van der Waals surface area contributed by atoms with Crippen LogP contribution in [0.15, 0.2) is 0 Å². The lowest BCUT2D eigenvalue weighted by Gasteiger charge is -2.23. The van der Waals surface area contributed by atoms with Crippen molar-refractivity contribution < 1.29 is 4.79 Å². The Bertz CT molecular complexity index is 135. The van der Waals surface area contributed by atoms with Crippen molar-refractivity contribution in [2.45, 2.75) is 27.7 Å². The van der Waals surface area contributed by atoms with E-state index in [0.29, 0.717) is 11.8 Å². The van der Waals surface area contributed by atoms with Crippen molar-refractivity contribution in [3.8, 4) is 0 Å². The second-order valence-electron chi connectivity index (χ2n) is 3.95. The van der Waals surface area contributed by atoms with Gasteiger partial charge < -0.3 is 4.90 Å². The number of amides is 1. The Kier molecular flexibility index (Phi) is 5.31. The van der Waals surface area contributed by atoms with Gasteiger partial charge in [0, 0.05) is 13.1 Å². The molecule has 72 valence electrons. The molecule has 0 bridgehead atoms. The van der Waals surface area contributed by atoms with Crippen LogP contribution >= 0.6 is 11.6 Å². The molecule has 0 aromatic carbocycles. The van der Waals surface area contributed by atoms with Crippen molar-refractivity contribution >= 4 is 17.0 Å². The summed E-state index contributed by atoms with van der Waals surface area (Å²) in [5.41, 5.74) is 0. The Morgan fingerprint density at radius 2 is 1.50 bits per heavy atom. The van der Waals surface area contributed by atoms with Crippen LogP contribution in [0.3, 0.4) is 0 Å². The first kappa shape index (κ1) is 11.8. The first-order chi connectivity index (χ1) is 5.43. The lowest BCUT2D eigenvalue weighted by molar-refractivity contribution is 0.206. The fourth-order valence-corrected chi connectivity index (χ4v) is 1.24. The number of rotatable bonds is 4. The fraction of sp³-hybridized carbons (Fsp3) is 0.889. The van der Waals surface area contributed by atoms with Crippen LogP contribution in [0.4, 0.5) is 4.79 Å². The minimum absolute atomic E-state index is 0.336. The summed E-state index contributed by atoms with van der Waals surface area (Å²) < 4.78 is 0. The van der Waals surface area contributed by atoms with Gasteiger partial charge in [-0.3, -0.25) is 4.79 Å². The Hall–Kier alpha value is -0.240. The zero-order chi connectivity index (χ0) is 9.72. The molecule has 0 saturated heterocycles. The molecule has 0 aliphatic rings. The minimum atomic E-state index is -0.336. The first-order valence-corrected chi connectivity index (χ1v) is 4.75. The molecule has 0 aromatic heterocycles. The molecule has 0 radical (unpaired) electrons. The molecule has 0 aliphatic carbocycles. The SMILES string of the molecule is CC(C)CN(CC(C)C)C(=O)Cl. The number of hydrogen-bond donors (Lipinski definition) is 0. The average Bonchev–Trinajstić information content (AvgIpc) is 1.83. The normalized spacial score (nSPS) is 10.9. The van der Waals surface area contributed by atoms with Crippen LogP contribution in [0.1, 0.15) is 27.7 Å². The highest BCUT2D eigenvalue weighted by Gasteiger charge is 2.13. The molecule has 0 aromatic rings. The molecule has 0 atom stereocenters. The molecular formula is C9H18ClNO. The van der Waals surface area contributed by atoms with Gasteiger partial charge in [-0.2, -0.15) is 0 Å². The van der Waals surface area contributed by atoms with Crippen LogP contribution in [-0.2, 0) is 0 Å². The van der Waals surface area contributed by atoms with Crippen LogP contribution in [-0.4, -0.2) is 23.4 Å². The van der Waals surface area contributed by atoms with Crippen molar-refractivity contribution in [3.63, 3.8) is 0 Å². The molecule has 0 unspecified atom stereocenters. The van der Waals surface area contributed by atoms with E-state index in [1.807, 2.05) is 0 Å². The highest BCUT2D eigenvalue weighted by atomic mass is 35.5. The third-order valence-electron chi connectivity index (χ3n) is 1.42. The summed E-state index contributed by atoms with van der Waals surface area (Å²) >= 11 is 5.42. The molecule has 0 spiro atoms. The second kappa shape index (κ2) is 5.41. The van der Waals surface area contributed by atoms with E-state index in [2.05, 4.69) is 27.7 Å². The monoisotopic (exact) mass is 191 g/mol. The largest absolute Gasteiger partial charge is 0.329 e. The van der Waals surface area contributed by atoms with E-state index in [-0.39, 0.29) is 5.37 Å². The predicted octanol–water partition coefficient (Wildman–Crippen LogP) is 2.96. The Morgan fingerprint density at radius 3 is 1.67 bits per heavy atom. The molecule has 0 N–H and O–H groups in total. The molecule has 0 saturated carbocycles. The standard InChI is InChI=1S/C9H18ClNO/c1-7(2)5-11(9(10)12)6-8(3)4/h7-8H,5-6H2,1-4H3. The molecule has 0 aliphatic heterocycles. The van der Waals surface area contributed by atoms with Crippen LogP contribution in [0.25, 0.3) is 0 Å². The van der Waals surface area contributed by atoms with Crippen LogP contribution < -0.4 is 0 Å². The van der Waals surface area contributed by atoms with Gasteiger partial charge in [0.2, 0.25) is 0 Å². The molecule has 0 heterocycles. The Labute approximate surface area is 79.9 Å². The van der Waals surface area contributed by atoms with E-state index in [1.54, 1.807) is 4.90 Å². The third-order valence-corrected chi connectivity index (χ3v) is 1.66. The van der Waals surface area contributed by atoms with Gasteiger partial charge in [-0.15, -0.1) is 0 Å². The number of carbonyl (C=O) groups is 1. The number of nitrogens with zero attached hydrogens (tertiary/aromatic N) is 1.